The van der Waals surface area contributed by atoms with Crippen molar-refractivity contribution in [2.24, 2.45) is 4.99 Å². The van der Waals surface area contributed by atoms with Gasteiger partial charge < -0.3 is 9.64 Å². The largest absolute Gasteiger partial charge is 0.443 e. The third-order valence-electron chi connectivity index (χ3n) is 4.78. The van der Waals surface area contributed by atoms with Crippen LogP contribution in [0.1, 0.15) is 50.4 Å². The number of rotatable bonds is 7. The first kappa shape index (κ1) is 21.2. The molecular weight excluding hydrogens is 380 g/mol. The number of nitriles is 1. The Morgan fingerprint density at radius 3 is 2.59 bits per heavy atom. The van der Waals surface area contributed by atoms with Crippen molar-refractivity contribution in [3.8, 4) is 16.9 Å². The van der Waals surface area contributed by atoms with E-state index in [-0.39, 0.29) is 5.41 Å². The standard InChI is InChI=1S/C20H25ClN4OS/c1-7-20(4,8-2)18-14(11-22)19(27-24-18)26-17-10-15(21)16(9-13(17)3)23-12-25(5)6/h9-10,12H,7-8H2,1-6H3. The molecule has 7 heteroatoms. The molecule has 0 saturated carbocycles. The molecule has 0 aliphatic carbocycles. The molecule has 5 nitrogen and oxygen atoms in total. The van der Waals surface area contributed by atoms with Crippen LogP contribution in [0.25, 0.3) is 0 Å². The van der Waals surface area contributed by atoms with E-state index in [9.17, 15) is 5.26 Å². The smallest absolute Gasteiger partial charge is 0.218 e. The molecule has 0 atom stereocenters. The van der Waals surface area contributed by atoms with Crippen LogP contribution in [0.4, 0.5) is 5.69 Å². The summed E-state index contributed by atoms with van der Waals surface area (Å²) in [7, 11) is 3.79. The van der Waals surface area contributed by atoms with Gasteiger partial charge in [0.1, 0.15) is 17.4 Å². The lowest BCUT2D eigenvalue weighted by Crippen LogP contribution is -2.21. The van der Waals surface area contributed by atoms with Crippen molar-refractivity contribution in [1.29, 1.82) is 5.26 Å². The second-order valence-corrected chi connectivity index (χ2v) is 8.10. The molecule has 0 unspecified atom stereocenters. The highest BCUT2D eigenvalue weighted by atomic mass is 35.5. The van der Waals surface area contributed by atoms with Gasteiger partial charge in [-0.15, -0.1) is 0 Å². The molecule has 0 bridgehead atoms. The average Bonchev–Trinajstić information content (AvgIpc) is 3.05. The van der Waals surface area contributed by atoms with Gasteiger partial charge in [0.25, 0.3) is 0 Å². The van der Waals surface area contributed by atoms with E-state index in [2.05, 4.69) is 36.2 Å². The first-order valence-electron chi connectivity index (χ1n) is 8.84. The fourth-order valence-corrected chi connectivity index (χ4v) is 3.62. The van der Waals surface area contributed by atoms with Crippen molar-refractivity contribution >= 4 is 35.2 Å². The van der Waals surface area contributed by atoms with Crippen LogP contribution in [-0.2, 0) is 5.41 Å². The molecule has 0 fully saturated rings. The van der Waals surface area contributed by atoms with Gasteiger partial charge in [-0.1, -0.05) is 32.4 Å². The van der Waals surface area contributed by atoms with Gasteiger partial charge in [-0.3, -0.25) is 0 Å². The molecule has 27 heavy (non-hydrogen) atoms. The van der Waals surface area contributed by atoms with E-state index in [1.807, 2.05) is 32.0 Å². The molecule has 0 aliphatic heterocycles. The fourth-order valence-electron chi connectivity index (χ4n) is 2.57. The number of benzene rings is 1. The summed E-state index contributed by atoms with van der Waals surface area (Å²) >= 11 is 7.57. The molecule has 1 heterocycles. The maximum Gasteiger partial charge on any atom is 0.218 e. The quantitative estimate of drug-likeness (QED) is 0.415. The van der Waals surface area contributed by atoms with Gasteiger partial charge >= 0.3 is 0 Å². The van der Waals surface area contributed by atoms with Crippen LogP contribution in [0.3, 0.4) is 0 Å². The summed E-state index contributed by atoms with van der Waals surface area (Å²) in [5.41, 5.74) is 2.74. The highest BCUT2D eigenvalue weighted by Gasteiger charge is 2.31. The third-order valence-corrected chi connectivity index (χ3v) is 5.81. The maximum atomic E-state index is 9.70. The molecule has 1 aromatic carbocycles. The molecule has 2 rings (SSSR count). The van der Waals surface area contributed by atoms with Crippen molar-refractivity contribution in [1.82, 2.24) is 9.27 Å². The van der Waals surface area contributed by atoms with E-state index in [0.717, 1.165) is 24.1 Å². The number of aryl methyl sites for hydroxylation is 1. The second kappa shape index (κ2) is 8.73. The highest BCUT2D eigenvalue weighted by molar-refractivity contribution is 7.08. The number of halogens is 1. The van der Waals surface area contributed by atoms with Gasteiger partial charge in [0, 0.05) is 37.1 Å². The van der Waals surface area contributed by atoms with E-state index in [1.165, 1.54) is 11.5 Å². The zero-order valence-electron chi connectivity index (χ0n) is 16.6. The van der Waals surface area contributed by atoms with Crippen LogP contribution in [0, 0.1) is 18.3 Å². The number of hydrogen-bond acceptors (Lipinski definition) is 5. The van der Waals surface area contributed by atoms with Gasteiger partial charge in [0.2, 0.25) is 5.06 Å². The fraction of sp³-hybridized carbons (Fsp3) is 0.450. The number of hydrogen-bond donors (Lipinski definition) is 0. The van der Waals surface area contributed by atoms with Crippen molar-refractivity contribution in [2.75, 3.05) is 14.1 Å². The third kappa shape index (κ3) is 4.60. The van der Waals surface area contributed by atoms with Crippen LogP contribution in [-0.4, -0.2) is 29.7 Å². The summed E-state index contributed by atoms with van der Waals surface area (Å²) in [5.74, 6) is 0.602. The maximum absolute atomic E-state index is 9.70. The molecule has 144 valence electrons. The van der Waals surface area contributed by atoms with Crippen LogP contribution < -0.4 is 4.74 Å². The molecule has 1 aromatic heterocycles. The zero-order valence-corrected chi connectivity index (χ0v) is 18.2. The summed E-state index contributed by atoms with van der Waals surface area (Å²) in [6.07, 6.45) is 3.51. The van der Waals surface area contributed by atoms with Gasteiger partial charge in [0.15, 0.2) is 0 Å². The Balaban J connectivity index is 2.40. The molecule has 0 aliphatic rings. The Hall–Kier alpha value is -2.10. The topological polar surface area (TPSA) is 61.5 Å². The van der Waals surface area contributed by atoms with E-state index in [4.69, 9.17) is 16.3 Å². The summed E-state index contributed by atoms with van der Waals surface area (Å²) < 4.78 is 10.6. The van der Waals surface area contributed by atoms with Crippen molar-refractivity contribution in [2.45, 2.75) is 46.0 Å². The minimum absolute atomic E-state index is 0.138. The minimum Gasteiger partial charge on any atom is -0.443 e. The van der Waals surface area contributed by atoms with E-state index < -0.39 is 0 Å². The zero-order chi connectivity index (χ0) is 20.2. The van der Waals surface area contributed by atoms with Crippen molar-refractivity contribution in [3.63, 3.8) is 0 Å². The first-order chi connectivity index (χ1) is 12.8. The predicted molar refractivity (Wildman–Crippen MR) is 113 cm³/mol. The van der Waals surface area contributed by atoms with E-state index in [0.29, 0.717) is 27.1 Å². The molecule has 0 saturated heterocycles. The first-order valence-corrected chi connectivity index (χ1v) is 9.99. The van der Waals surface area contributed by atoms with Crippen LogP contribution >= 0.6 is 23.1 Å². The Kier molecular flexibility index (Phi) is 6.85. The van der Waals surface area contributed by atoms with Gasteiger partial charge in [-0.05, 0) is 31.4 Å². The number of aromatic nitrogens is 1. The Labute approximate surface area is 170 Å². The predicted octanol–water partition coefficient (Wildman–Crippen LogP) is 6.07. The molecule has 0 radical (unpaired) electrons. The van der Waals surface area contributed by atoms with Crippen molar-refractivity contribution in [3.05, 3.63) is 34.0 Å². The summed E-state index contributed by atoms with van der Waals surface area (Å²) in [5, 5.41) is 10.7. The molecule has 2 aromatic rings. The van der Waals surface area contributed by atoms with E-state index in [1.54, 1.807) is 12.4 Å². The van der Waals surface area contributed by atoms with Crippen LogP contribution in [0.5, 0.6) is 10.8 Å². The Morgan fingerprint density at radius 2 is 2.04 bits per heavy atom. The number of aliphatic imine (C=N–C) groups is 1. The Morgan fingerprint density at radius 1 is 1.37 bits per heavy atom. The lowest BCUT2D eigenvalue weighted by Gasteiger charge is -2.24. The average molecular weight is 405 g/mol. The van der Waals surface area contributed by atoms with Crippen LogP contribution in [0.15, 0.2) is 17.1 Å². The van der Waals surface area contributed by atoms with Crippen LogP contribution in [0.2, 0.25) is 5.02 Å². The van der Waals surface area contributed by atoms with E-state index >= 15 is 0 Å². The number of nitrogens with zero attached hydrogens (tertiary/aromatic N) is 4. The monoisotopic (exact) mass is 404 g/mol. The van der Waals surface area contributed by atoms with Crippen molar-refractivity contribution < 1.29 is 4.74 Å². The minimum atomic E-state index is -0.138. The molecule has 0 amide bonds. The Bertz CT molecular complexity index is 879. The number of ether oxygens (including phenoxy) is 1. The van der Waals surface area contributed by atoms with Gasteiger partial charge in [0.05, 0.1) is 22.7 Å². The molecule has 0 N–H and O–H groups in total. The SMILES string of the molecule is CCC(C)(CC)c1nsc(Oc2cc(Cl)c(N=CN(C)C)cc2C)c1C#N. The second-order valence-electron chi connectivity index (χ2n) is 6.95. The summed E-state index contributed by atoms with van der Waals surface area (Å²) in [6.45, 7) is 8.28. The molecule has 0 spiro atoms. The molecular formula is C20H25ClN4OS. The van der Waals surface area contributed by atoms with Gasteiger partial charge in [-0.25, -0.2) is 4.99 Å². The lowest BCUT2D eigenvalue weighted by molar-refractivity contribution is 0.426. The summed E-state index contributed by atoms with van der Waals surface area (Å²) in [6, 6.07) is 5.88. The normalized spacial score (nSPS) is 11.6. The van der Waals surface area contributed by atoms with Gasteiger partial charge in [-0.2, -0.15) is 9.64 Å². The summed E-state index contributed by atoms with van der Waals surface area (Å²) in [4.78, 5) is 6.20. The highest BCUT2D eigenvalue weighted by Crippen LogP contribution is 2.42. The lowest BCUT2D eigenvalue weighted by atomic mass is 9.80.